The number of likely N-dealkylation sites (N-methyl/N-ethyl adjacent to an activating group) is 1. The van der Waals surface area contributed by atoms with Gasteiger partial charge in [0.15, 0.2) is 5.78 Å². The first-order valence-electron chi connectivity index (χ1n) is 18.7. The molecular formula is C44H54N2O4. The molecule has 6 aliphatic rings. The molecule has 2 aromatic rings. The molecule has 0 unspecified atom stereocenters. The molecule has 264 valence electrons. The molecule has 6 nitrogen and oxygen atoms in total. The Morgan fingerprint density at radius 1 is 1.10 bits per heavy atom. The average molecular weight is 675 g/mol. The van der Waals surface area contributed by atoms with Crippen LogP contribution in [0, 0.1) is 22.7 Å². The molecule has 0 spiro atoms. The molecule has 3 heterocycles. The Hall–Kier alpha value is -3.48. The highest BCUT2D eigenvalue weighted by atomic mass is 16.5. The minimum atomic E-state index is -0.480. The van der Waals surface area contributed by atoms with Gasteiger partial charge in [-0.15, -0.1) is 0 Å². The minimum absolute atomic E-state index is 0.0992. The zero-order chi connectivity index (χ0) is 36.1. The van der Waals surface area contributed by atoms with Crippen LogP contribution in [0.4, 0.5) is 0 Å². The minimum Gasteiger partial charge on any atom is -0.392 e. The van der Waals surface area contributed by atoms with E-state index in [0.29, 0.717) is 17.9 Å². The van der Waals surface area contributed by atoms with Crippen LogP contribution < -0.4 is 5.32 Å². The zero-order valence-corrected chi connectivity index (χ0v) is 31.6. The van der Waals surface area contributed by atoms with Gasteiger partial charge >= 0.3 is 0 Å². The van der Waals surface area contributed by atoms with Crippen molar-refractivity contribution in [1.82, 2.24) is 9.88 Å². The Balaban J connectivity index is 1.34. The summed E-state index contributed by atoms with van der Waals surface area (Å²) in [4.78, 5) is 27.0. The van der Waals surface area contributed by atoms with Gasteiger partial charge in [-0.1, -0.05) is 51.2 Å². The summed E-state index contributed by atoms with van der Waals surface area (Å²) >= 11 is 0. The molecule has 0 saturated heterocycles. The van der Waals surface area contributed by atoms with E-state index in [1.165, 1.54) is 22.2 Å². The number of carbonyl (C=O) groups is 2. The maximum absolute atomic E-state index is 14.8. The van der Waals surface area contributed by atoms with E-state index in [0.717, 1.165) is 59.0 Å². The Labute approximate surface area is 297 Å². The van der Waals surface area contributed by atoms with Crippen LogP contribution in [0.3, 0.4) is 0 Å². The number of rotatable bonds is 4. The summed E-state index contributed by atoms with van der Waals surface area (Å²) < 4.78 is 8.99. The molecule has 6 heteroatoms. The SMILES string of the molecule is C=C(C)[C@H]1C(=O)c2c3c(cc4c5c(n1c24)[C@@]1(C)[C@@H](CC[C@H]2[C@](C)(/C=C/C=C(\C)C(=O)NC)[C@@H](O)CC[C@@]21C)C5)C1=CC(C)(C)OC(C)(C)C1=C3. The van der Waals surface area contributed by atoms with Crippen molar-refractivity contribution in [3.63, 3.8) is 0 Å². The van der Waals surface area contributed by atoms with Crippen molar-refractivity contribution in [2.45, 2.75) is 123 Å². The number of carbonyl (C=O) groups excluding carboxylic acids is 2. The van der Waals surface area contributed by atoms with Crippen molar-refractivity contribution in [2.24, 2.45) is 22.7 Å². The highest BCUT2D eigenvalue weighted by Gasteiger charge is 2.67. The highest BCUT2D eigenvalue weighted by molar-refractivity contribution is 6.21. The molecule has 2 saturated carbocycles. The van der Waals surface area contributed by atoms with E-state index in [1.807, 2.05) is 26.0 Å². The third kappa shape index (κ3) is 4.04. The van der Waals surface area contributed by atoms with Crippen LogP contribution in [0.25, 0.3) is 22.6 Å². The fraction of sp³-hybridized carbons (Fsp3) is 0.545. The third-order valence-corrected chi connectivity index (χ3v) is 14.5. The van der Waals surface area contributed by atoms with E-state index in [2.05, 4.69) is 89.2 Å². The number of ketones is 1. The Kier molecular flexibility index (Phi) is 6.94. The van der Waals surface area contributed by atoms with Gasteiger partial charge in [0.1, 0.15) is 6.04 Å². The van der Waals surface area contributed by atoms with Crippen LogP contribution in [0.2, 0.25) is 0 Å². The number of benzene rings is 1. The lowest BCUT2D eigenvalue weighted by Crippen LogP contribution is -2.62. The zero-order valence-electron chi connectivity index (χ0n) is 31.6. The monoisotopic (exact) mass is 674 g/mol. The molecule has 50 heavy (non-hydrogen) atoms. The van der Waals surface area contributed by atoms with Gasteiger partial charge in [0, 0.05) is 34.5 Å². The van der Waals surface area contributed by atoms with Crippen molar-refractivity contribution in [3.8, 4) is 0 Å². The second-order valence-corrected chi connectivity index (χ2v) is 18.1. The molecule has 7 atom stereocenters. The van der Waals surface area contributed by atoms with Crippen LogP contribution >= 0.6 is 0 Å². The van der Waals surface area contributed by atoms with Crippen LogP contribution in [0.1, 0.15) is 127 Å². The Bertz CT molecular complexity index is 2070. The van der Waals surface area contributed by atoms with Crippen LogP contribution in [0.5, 0.6) is 0 Å². The standard InChI is InChI=1S/C44H54N2O4/c1-23(2)35-37(48)34-27-21-31-30(22-40(4,5)50-41(31,6)7)26(27)20-28-29-19-25-14-15-32-42(8,17-12-13-24(3)39(49)45-11)33(47)16-18-43(32,9)44(25,10)38(29)46(35)36(28)34/h12-13,17,20-22,25,32-33,35,47H,1,14-16,18-19H2,2-11H3,(H,45,49)/b17-12+,24-13+/t25-,32-,33-,35-,42-,43-,44+/m0/s1. The second-order valence-electron chi connectivity index (χ2n) is 18.1. The number of aliphatic hydroxyl groups excluding tert-OH is 1. The summed E-state index contributed by atoms with van der Waals surface area (Å²) in [6, 6.07) is 1.97. The summed E-state index contributed by atoms with van der Waals surface area (Å²) in [6.45, 7) is 24.0. The molecule has 1 amide bonds. The summed E-state index contributed by atoms with van der Waals surface area (Å²) in [6.07, 6.45) is 14.8. The number of aromatic nitrogens is 1. The van der Waals surface area contributed by atoms with E-state index >= 15 is 0 Å². The second kappa shape index (κ2) is 10.3. The molecule has 0 bridgehead atoms. The summed E-state index contributed by atoms with van der Waals surface area (Å²) in [5.74, 6) is 0.709. The molecule has 4 aliphatic carbocycles. The van der Waals surface area contributed by atoms with Gasteiger partial charge in [-0.2, -0.15) is 0 Å². The number of nitrogens with one attached hydrogen (secondary N) is 1. The Morgan fingerprint density at radius 2 is 1.82 bits per heavy atom. The van der Waals surface area contributed by atoms with E-state index < -0.39 is 28.8 Å². The van der Waals surface area contributed by atoms with Crippen LogP contribution in [-0.2, 0) is 21.4 Å². The van der Waals surface area contributed by atoms with E-state index in [1.54, 1.807) is 7.05 Å². The first-order valence-corrected chi connectivity index (χ1v) is 18.7. The van der Waals surface area contributed by atoms with Gasteiger partial charge in [-0.25, -0.2) is 0 Å². The average Bonchev–Trinajstić information content (AvgIpc) is 3.73. The van der Waals surface area contributed by atoms with Gasteiger partial charge in [-0.05, 0) is 137 Å². The summed E-state index contributed by atoms with van der Waals surface area (Å²) in [5.41, 5.74) is 9.00. The normalized spacial score (nSPS) is 36.1. The molecule has 2 fully saturated rings. The fourth-order valence-electron chi connectivity index (χ4n) is 12.1. The first kappa shape index (κ1) is 33.7. The summed E-state index contributed by atoms with van der Waals surface area (Å²) in [5, 5.41) is 15.7. The molecule has 2 N–H and O–H groups in total. The number of nitrogens with zero attached hydrogens (tertiary/aromatic N) is 1. The highest BCUT2D eigenvalue weighted by Crippen LogP contribution is 2.71. The molecule has 8 rings (SSSR count). The maximum atomic E-state index is 14.8. The molecule has 1 aromatic carbocycles. The molecule has 2 aliphatic heterocycles. The van der Waals surface area contributed by atoms with E-state index in [4.69, 9.17) is 4.74 Å². The number of amides is 1. The number of ether oxygens (including phenoxy) is 1. The molecule has 0 radical (unpaired) electrons. The third-order valence-electron chi connectivity index (χ3n) is 14.5. The van der Waals surface area contributed by atoms with Gasteiger partial charge in [0.05, 0.1) is 28.4 Å². The van der Waals surface area contributed by atoms with Crippen molar-refractivity contribution in [1.29, 1.82) is 0 Å². The van der Waals surface area contributed by atoms with Crippen molar-refractivity contribution >= 4 is 34.2 Å². The maximum Gasteiger partial charge on any atom is 0.246 e. The number of hydrogen-bond donors (Lipinski definition) is 2. The lowest BCUT2D eigenvalue weighted by molar-refractivity contribution is -0.144. The van der Waals surface area contributed by atoms with Gasteiger partial charge in [0.2, 0.25) is 5.91 Å². The van der Waals surface area contributed by atoms with Crippen molar-refractivity contribution in [2.75, 3.05) is 7.05 Å². The number of fused-ring (bicyclic) bond motifs is 11. The van der Waals surface area contributed by atoms with E-state index in [9.17, 15) is 14.7 Å². The molecular weight excluding hydrogens is 620 g/mol. The number of allylic oxidation sites excluding steroid dienone is 3. The van der Waals surface area contributed by atoms with Crippen molar-refractivity contribution < 1.29 is 19.4 Å². The number of aliphatic hydroxyl groups is 1. The van der Waals surface area contributed by atoms with Crippen LogP contribution in [0.15, 0.2) is 53.7 Å². The van der Waals surface area contributed by atoms with E-state index in [-0.39, 0.29) is 28.4 Å². The van der Waals surface area contributed by atoms with Gasteiger partial charge in [-0.3, -0.25) is 9.59 Å². The number of Topliss-reactive ketones (excluding diaryl/α,β-unsaturated/α-hetero) is 1. The van der Waals surface area contributed by atoms with Crippen LogP contribution in [-0.4, -0.2) is 45.7 Å². The lowest BCUT2D eigenvalue weighted by atomic mass is 9.40. The topological polar surface area (TPSA) is 80.6 Å². The Morgan fingerprint density at radius 3 is 2.50 bits per heavy atom. The molecule has 1 aromatic heterocycles. The lowest BCUT2D eigenvalue weighted by Gasteiger charge is -2.64. The quantitative estimate of drug-likeness (QED) is 0.194. The number of hydrogen-bond acceptors (Lipinski definition) is 4. The summed E-state index contributed by atoms with van der Waals surface area (Å²) in [7, 11) is 1.65. The smallest absolute Gasteiger partial charge is 0.246 e. The predicted octanol–water partition coefficient (Wildman–Crippen LogP) is 8.58. The van der Waals surface area contributed by atoms with Gasteiger partial charge < -0.3 is 19.7 Å². The van der Waals surface area contributed by atoms with Gasteiger partial charge in [0.25, 0.3) is 0 Å². The predicted molar refractivity (Wildman–Crippen MR) is 201 cm³/mol. The first-order chi connectivity index (χ1) is 23.3. The fourth-order valence-corrected chi connectivity index (χ4v) is 12.1. The largest absolute Gasteiger partial charge is 0.392 e. The van der Waals surface area contributed by atoms with Crippen molar-refractivity contribution in [3.05, 3.63) is 81.6 Å².